The summed E-state index contributed by atoms with van der Waals surface area (Å²) in [5.41, 5.74) is 1.82. The third-order valence-electron chi connectivity index (χ3n) is 2.82. The summed E-state index contributed by atoms with van der Waals surface area (Å²) < 4.78 is 6.68. The maximum Gasteiger partial charge on any atom is 0.272 e. The summed E-state index contributed by atoms with van der Waals surface area (Å²) in [5.74, 6) is 0.760. The van der Waals surface area contributed by atoms with Crippen molar-refractivity contribution in [3.8, 4) is 11.5 Å². The molecule has 0 aliphatic rings. The molecular formula is C14H10BrCl2NO3. The highest BCUT2D eigenvalue weighted by atomic mass is 79.9. The van der Waals surface area contributed by atoms with E-state index in [0.717, 1.165) is 15.6 Å². The number of benzene rings is 2. The highest BCUT2D eigenvalue weighted by Crippen LogP contribution is 2.40. The number of hydrogen-bond donors (Lipinski definition) is 0. The molecule has 2 rings (SSSR count). The summed E-state index contributed by atoms with van der Waals surface area (Å²) in [7, 11) is 0. The van der Waals surface area contributed by atoms with Crippen molar-refractivity contribution in [3.05, 3.63) is 60.0 Å². The number of non-ortho nitro benzene ring substituents is 1. The average Bonchev–Trinajstić information content (AvgIpc) is 2.39. The van der Waals surface area contributed by atoms with E-state index in [2.05, 4.69) is 15.9 Å². The maximum absolute atomic E-state index is 10.7. The van der Waals surface area contributed by atoms with Crippen LogP contribution in [-0.2, 0) is 0 Å². The first kappa shape index (κ1) is 16.1. The Hall–Kier alpha value is -1.30. The molecule has 0 saturated carbocycles. The topological polar surface area (TPSA) is 52.4 Å². The predicted molar refractivity (Wildman–Crippen MR) is 86.8 cm³/mol. The van der Waals surface area contributed by atoms with Gasteiger partial charge in [0.05, 0.1) is 15.0 Å². The number of rotatable bonds is 3. The minimum atomic E-state index is -0.560. The summed E-state index contributed by atoms with van der Waals surface area (Å²) in [5, 5.41) is 10.9. The predicted octanol–water partition coefficient (Wildman–Crippen LogP) is 6.07. The first-order valence-electron chi connectivity index (χ1n) is 5.87. The van der Waals surface area contributed by atoms with E-state index >= 15 is 0 Å². The van der Waals surface area contributed by atoms with Crippen molar-refractivity contribution >= 4 is 44.8 Å². The van der Waals surface area contributed by atoms with Crippen molar-refractivity contribution in [3.63, 3.8) is 0 Å². The van der Waals surface area contributed by atoms with E-state index in [4.69, 9.17) is 27.9 Å². The zero-order valence-corrected chi connectivity index (χ0v) is 14.2. The van der Waals surface area contributed by atoms with Crippen LogP contribution in [0.2, 0.25) is 10.0 Å². The van der Waals surface area contributed by atoms with Crippen LogP contribution < -0.4 is 4.74 Å². The van der Waals surface area contributed by atoms with Crippen LogP contribution in [0, 0.1) is 24.0 Å². The fourth-order valence-electron chi connectivity index (χ4n) is 1.83. The van der Waals surface area contributed by atoms with Crippen LogP contribution in [0.1, 0.15) is 11.1 Å². The van der Waals surface area contributed by atoms with E-state index in [1.54, 1.807) is 0 Å². The van der Waals surface area contributed by atoms with E-state index < -0.39 is 4.92 Å². The quantitative estimate of drug-likeness (QED) is 0.471. The number of nitro benzene ring substituents is 1. The molecule has 0 fully saturated rings. The standard InChI is InChI=1S/C14H10BrCl2NO3/c1-7-3-10(4-8(2)13(7)15)21-14-11(16)5-9(18(19)20)6-12(14)17/h3-6H,1-2H3. The lowest BCUT2D eigenvalue weighted by molar-refractivity contribution is -0.384. The molecule has 21 heavy (non-hydrogen) atoms. The Balaban J connectivity index is 2.43. The van der Waals surface area contributed by atoms with Gasteiger partial charge >= 0.3 is 0 Å². The summed E-state index contributed by atoms with van der Waals surface area (Å²) in [6, 6.07) is 6.07. The van der Waals surface area contributed by atoms with Gasteiger partial charge in [0, 0.05) is 16.6 Å². The normalized spacial score (nSPS) is 10.5. The molecule has 0 amide bonds. The van der Waals surface area contributed by atoms with E-state index in [-0.39, 0.29) is 21.5 Å². The molecule has 2 aromatic carbocycles. The molecule has 2 aromatic rings. The second kappa shape index (κ2) is 6.22. The Labute approximate surface area is 139 Å². The second-order valence-corrected chi connectivity index (χ2v) is 6.08. The van der Waals surface area contributed by atoms with Crippen LogP contribution in [0.25, 0.3) is 0 Å². The van der Waals surface area contributed by atoms with Gasteiger partial charge in [-0.05, 0) is 37.1 Å². The van der Waals surface area contributed by atoms with Gasteiger partial charge < -0.3 is 4.74 Å². The van der Waals surface area contributed by atoms with Crippen LogP contribution in [-0.4, -0.2) is 4.92 Å². The molecule has 0 aromatic heterocycles. The highest BCUT2D eigenvalue weighted by Gasteiger charge is 2.17. The van der Waals surface area contributed by atoms with Crippen molar-refractivity contribution in [2.45, 2.75) is 13.8 Å². The summed E-state index contributed by atoms with van der Waals surface area (Å²) in [6.45, 7) is 3.87. The number of aryl methyl sites for hydroxylation is 2. The fourth-order valence-corrected chi connectivity index (χ4v) is 2.61. The number of nitro groups is 1. The number of ether oxygens (including phenoxy) is 1. The molecule has 0 N–H and O–H groups in total. The Bertz CT molecular complexity index is 688. The van der Waals surface area contributed by atoms with E-state index in [0.29, 0.717) is 5.75 Å². The van der Waals surface area contributed by atoms with Crippen molar-refractivity contribution in [2.24, 2.45) is 0 Å². The zero-order valence-electron chi connectivity index (χ0n) is 11.1. The highest BCUT2D eigenvalue weighted by molar-refractivity contribution is 9.10. The minimum absolute atomic E-state index is 0.0902. The Morgan fingerprint density at radius 3 is 2.00 bits per heavy atom. The third kappa shape index (κ3) is 3.48. The lowest BCUT2D eigenvalue weighted by Gasteiger charge is -2.12. The maximum atomic E-state index is 10.7. The lowest BCUT2D eigenvalue weighted by atomic mass is 10.1. The van der Waals surface area contributed by atoms with Crippen LogP contribution in [0.5, 0.6) is 11.5 Å². The van der Waals surface area contributed by atoms with Crippen molar-refractivity contribution < 1.29 is 9.66 Å². The van der Waals surface area contributed by atoms with Gasteiger partial charge in [-0.2, -0.15) is 0 Å². The molecule has 0 spiro atoms. The number of hydrogen-bond acceptors (Lipinski definition) is 3. The zero-order chi connectivity index (χ0) is 15.7. The molecule has 0 atom stereocenters. The lowest BCUT2D eigenvalue weighted by Crippen LogP contribution is -1.93. The third-order valence-corrected chi connectivity index (χ3v) is 4.64. The van der Waals surface area contributed by atoms with Crippen LogP contribution in [0.3, 0.4) is 0 Å². The van der Waals surface area contributed by atoms with Crippen LogP contribution in [0.4, 0.5) is 5.69 Å². The Morgan fingerprint density at radius 2 is 1.57 bits per heavy atom. The van der Waals surface area contributed by atoms with Gasteiger partial charge in [0.2, 0.25) is 0 Å². The molecule has 0 aliphatic heterocycles. The summed E-state index contributed by atoms with van der Waals surface area (Å²) in [6.07, 6.45) is 0. The van der Waals surface area contributed by atoms with Crippen molar-refractivity contribution in [1.29, 1.82) is 0 Å². The monoisotopic (exact) mass is 389 g/mol. The molecule has 4 nitrogen and oxygen atoms in total. The molecule has 7 heteroatoms. The molecular weight excluding hydrogens is 381 g/mol. The van der Waals surface area contributed by atoms with Gasteiger partial charge in [-0.25, -0.2) is 0 Å². The van der Waals surface area contributed by atoms with Gasteiger partial charge in [-0.1, -0.05) is 39.1 Å². The van der Waals surface area contributed by atoms with Crippen molar-refractivity contribution in [1.82, 2.24) is 0 Å². The molecule has 0 heterocycles. The molecule has 0 saturated heterocycles. The largest absolute Gasteiger partial charge is 0.454 e. The summed E-state index contributed by atoms with van der Waals surface area (Å²) >= 11 is 15.5. The minimum Gasteiger partial charge on any atom is -0.454 e. The summed E-state index contributed by atoms with van der Waals surface area (Å²) in [4.78, 5) is 10.2. The van der Waals surface area contributed by atoms with E-state index in [1.165, 1.54) is 12.1 Å². The molecule has 0 unspecified atom stereocenters. The Kier molecular flexibility index (Phi) is 4.76. The van der Waals surface area contributed by atoms with Crippen LogP contribution >= 0.6 is 39.1 Å². The van der Waals surface area contributed by atoms with Crippen molar-refractivity contribution in [2.75, 3.05) is 0 Å². The second-order valence-electron chi connectivity index (χ2n) is 4.47. The van der Waals surface area contributed by atoms with Gasteiger partial charge in [-0.15, -0.1) is 0 Å². The molecule has 110 valence electrons. The molecule has 0 aliphatic carbocycles. The smallest absolute Gasteiger partial charge is 0.272 e. The van der Waals surface area contributed by atoms with Gasteiger partial charge in [0.1, 0.15) is 5.75 Å². The van der Waals surface area contributed by atoms with E-state index in [1.807, 2.05) is 26.0 Å². The number of halogens is 3. The first-order chi connectivity index (χ1) is 9.79. The molecule has 0 bridgehead atoms. The van der Waals surface area contributed by atoms with Gasteiger partial charge in [-0.3, -0.25) is 10.1 Å². The van der Waals surface area contributed by atoms with Crippen LogP contribution in [0.15, 0.2) is 28.7 Å². The average molecular weight is 391 g/mol. The Morgan fingerprint density at radius 1 is 1.10 bits per heavy atom. The first-order valence-corrected chi connectivity index (χ1v) is 7.42. The molecule has 0 radical (unpaired) electrons. The SMILES string of the molecule is Cc1cc(Oc2c(Cl)cc([N+](=O)[O-])cc2Cl)cc(C)c1Br. The fraction of sp³-hybridized carbons (Fsp3) is 0.143. The number of nitrogens with zero attached hydrogens (tertiary/aromatic N) is 1. The van der Waals surface area contributed by atoms with E-state index in [9.17, 15) is 10.1 Å². The van der Waals surface area contributed by atoms with Gasteiger partial charge in [0.25, 0.3) is 5.69 Å². The van der Waals surface area contributed by atoms with Gasteiger partial charge in [0.15, 0.2) is 5.75 Å².